The average Bonchev–Trinajstić information content (AvgIpc) is 3.65. The normalized spacial score (nSPS) is 14.1. The van der Waals surface area contributed by atoms with Crippen molar-refractivity contribution in [3.63, 3.8) is 0 Å². The number of piperidine rings is 1. The van der Waals surface area contributed by atoms with Crippen molar-refractivity contribution in [2.45, 2.75) is 18.9 Å². The lowest BCUT2D eigenvalue weighted by atomic mass is 10.0. The molecule has 11 heteroatoms. The van der Waals surface area contributed by atoms with E-state index in [9.17, 15) is 4.39 Å². The predicted octanol–water partition coefficient (Wildman–Crippen LogP) is 5.47. The molecule has 44 heavy (non-hydrogen) atoms. The van der Waals surface area contributed by atoms with E-state index in [1.807, 2.05) is 50.6 Å². The molecule has 1 saturated heterocycles. The number of pyridine rings is 2. The molecule has 0 unspecified atom stereocenters. The van der Waals surface area contributed by atoms with Crippen molar-refractivity contribution >= 4 is 27.8 Å². The van der Waals surface area contributed by atoms with Gasteiger partial charge in [-0.25, -0.2) is 14.4 Å². The van der Waals surface area contributed by atoms with Crippen LogP contribution >= 0.6 is 0 Å². The summed E-state index contributed by atoms with van der Waals surface area (Å²) >= 11 is 0. The Morgan fingerprint density at radius 1 is 1.00 bits per heavy atom. The van der Waals surface area contributed by atoms with Crippen LogP contribution in [0.4, 0.5) is 10.1 Å². The van der Waals surface area contributed by atoms with Gasteiger partial charge in [0.2, 0.25) is 0 Å². The van der Waals surface area contributed by atoms with Gasteiger partial charge in [0.15, 0.2) is 11.5 Å². The minimum absolute atomic E-state index is 0.196. The minimum atomic E-state index is -0.315. The number of nitrogens with one attached hydrogen (secondary N) is 4. The molecule has 4 N–H and O–H groups in total. The summed E-state index contributed by atoms with van der Waals surface area (Å²) in [4.78, 5) is 19.2. The zero-order chi connectivity index (χ0) is 30.0. The lowest BCUT2D eigenvalue weighted by molar-refractivity contribution is 0.162. The molecule has 1 aliphatic rings. The number of ether oxygens (including phenoxy) is 1. The van der Waals surface area contributed by atoms with Gasteiger partial charge in [-0.15, -0.1) is 0 Å². The number of fused-ring (bicyclic) bond motifs is 2. The van der Waals surface area contributed by atoms with Gasteiger partial charge >= 0.3 is 0 Å². The second-order valence-electron chi connectivity index (χ2n) is 11.4. The van der Waals surface area contributed by atoms with Crippen LogP contribution in [0, 0.1) is 5.82 Å². The molecule has 10 nitrogen and oxygen atoms in total. The molecule has 0 spiro atoms. The van der Waals surface area contributed by atoms with E-state index in [1.165, 1.54) is 12.1 Å². The molecule has 1 fully saturated rings. The number of hydrogen-bond donors (Lipinski definition) is 4. The average molecular weight is 592 g/mol. The van der Waals surface area contributed by atoms with Crippen LogP contribution in [-0.2, 0) is 0 Å². The summed E-state index contributed by atoms with van der Waals surface area (Å²) in [6.07, 6.45) is 7.47. The number of imidazole rings is 1. The first-order valence-electron chi connectivity index (χ1n) is 14.9. The Bertz CT molecular complexity index is 1930. The third kappa shape index (κ3) is 5.84. The van der Waals surface area contributed by atoms with Crippen molar-refractivity contribution in [2.24, 2.45) is 0 Å². The molecule has 0 saturated carbocycles. The molecule has 0 bridgehead atoms. The molecule has 4 aromatic heterocycles. The Morgan fingerprint density at radius 2 is 1.89 bits per heavy atom. The number of benzene rings is 2. The van der Waals surface area contributed by atoms with Crippen molar-refractivity contribution in [2.75, 3.05) is 45.6 Å². The minimum Gasteiger partial charge on any atom is -0.489 e. The van der Waals surface area contributed by atoms with E-state index in [-0.39, 0.29) is 11.9 Å². The van der Waals surface area contributed by atoms with Gasteiger partial charge in [-0.2, -0.15) is 5.10 Å². The molecule has 0 aliphatic carbocycles. The standard InChI is InChI=1S/C33H34FN9O/c1-43(2)12-11-37-24-14-21(13-23(34)17-24)27-7-10-38-32-30(27)39-33(40-32)31-28-16-20(3-4-29(28)41-42-31)22-15-26(19-36-18-22)44-25-5-8-35-9-6-25/h3-4,7,10,13-19,25,35,37H,5-6,8-9,11-12H2,1-2H3,(H,41,42)(H,38,39,40). The van der Waals surface area contributed by atoms with E-state index in [4.69, 9.17) is 9.72 Å². The Balaban J connectivity index is 1.21. The van der Waals surface area contributed by atoms with Crippen LogP contribution in [0.25, 0.3) is 55.8 Å². The van der Waals surface area contributed by atoms with E-state index in [2.05, 4.69) is 46.7 Å². The molecule has 1 aliphatic heterocycles. The van der Waals surface area contributed by atoms with Gasteiger partial charge in [0.1, 0.15) is 23.4 Å². The molecule has 5 heterocycles. The molecule has 6 aromatic rings. The number of hydrogen-bond acceptors (Lipinski definition) is 8. The van der Waals surface area contributed by atoms with Crippen molar-refractivity contribution in [1.29, 1.82) is 0 Å². The molecule has 7 rings (SSSR count). The second kappa shape index (κ2) is 12.0. The zero-order valence-corrected chi connectivity index (χ0v) is 24.7. The van der Waals surface area contributed by atoms with Crippen LogP contribution in [0.1, 0.15) is 12.8 Å². The Kier molecular flexibility index (Phi) is 7.63. The Hall–Kier alpha value is -4.87. The van der Waals surface area contributed by atoms with Crippen molar-refractivity contribution in [3.05, 3.63) is 72.9 Å². The van der Waals surface area contributed by atoms with Crippen LogP contribution < -0.4 is 15.4 Å². The van der Waals surface area contributed by atoms with Gasteiger partial charge in [-0.3, -0.25) is 10.1 Å². The number of anilines is 1. The number of rotatable bonds is 9. The fourth-order valence-corrected chi connectivity index (χ4v) is 5.66. The van der Waals surface area contributed by atoms with Crippen LogP contribution in [0.5, 0.6) is 5.75 Å². The number of halogens is 1. The van der Waals surface area contributed by atoms with Gasteiger partial charge in [-0.05, 0) is 93.6 Å². The van der Waals surface area contributed by atoms with Crippen LogP contribution in [0.3, 0.4) is 0 Å². The van der Waals surface area contributed by atoms with E-state index in [1.54, 1.807) is 12.4 Å². The SMILES string of the molecule is CN(C)CCNc1cc(F)cc(-c2ccnc3nc(-c4n[nH]c5ccc(-c6cncc(OC7CCNCC7)c6)cc45)[nH]c23)c1. The quantitative estimate of drug-likeness (QED) is 0.175. The van der Waals surface area contributed by atoms with E-state index in [0.717, 1.165) is 77.1 Å². The summed E-state index contributed by atoms with van der Waals surface area (Å²) in [6, 6.07) is 15.0. The highest BCUT2D eigenvalue weighted by molar-refractivity contribution is 5.97. The van der Waals surface area contributed by atoms with E-state index in [0.29, 0.717) is 29.2 Å². The summed E-state index contributed by atoms with van der Waals surface area (Å²) < 4.78 is 20.9. The molecular weight excluding hydrogens is 557 g/mol. The third-order valence-corrected chi connectivity index (χ3v) is 7.91. The first-order valence-corrected chi connectivity index (χ1v) is 14.9. The zero-order valence-electron chi connectivity index (χ0n) is 24.7. The maximum absolute atomic E-state index is 14.7. The topological polar surface area (TPSA) is 120 Å². The van der Waals surface area contributed by atoms with Crippen LogP contribution in [0.2, 0.25) is 0 Å². The Morgan fingerprint density at radius 3 is 2.75 bits per heavy atom. The van der Waals surface area contributed by atoms with E-state index < -0.39 is 0 Å². The molecule has 0 radical (unpaired) electrons. The molecule has 224 valence electrons. The fourth-order valence-electron chi connectivity index (χ4n) is 5.66. The van der Waals surface area contributed by atoms with Crippen LogP contribution in [-0.4, -0.2) is 81.4 Å². The third-order valence-electron chi connectivity index (χ3n) is 7.91. The number of likely N-dealkylation sites (N-methyl/N-ethyl adjacent to an activating group) is 1. The highest BCUT2D eigenvalue weighted by Gasteiger charge is 2.18. The maximum Gasteiger partial charge on any atom is 0.178 e. The number of H-pyrrole nitrogens is 2. The monoisotopic (exact) mass is 591 g/mol. The van der Waals surface area contributed by atoms with Crippen molar-refractivity contribution < 1.29 is 9.13 Å². The number of nitrogens with zero attached hydrogens (tertiary/aromatic N) is 5. The van der Waals surface area contributed by atoms with Gasteiger partial charge < -0.3 is 25.3 Å². The number of aromatic nitrogens is 6. The second-order valence-corrected chi connectivity index (χ2v) is 11.4. The highest BCUT2D eigenvalue weighted by atomic mass is 19.1. The number of aromatic amines is 2. The van der Waals surface area contributed by atoms with Gasteiger partial charge in [0.25, 0.3) is 0 Å². The predicted molar refractivity (Wildman–Crippen MR) is 171 cm³/mol. The summed E-state index contributed by atoms with van der Waals surface area (Å²) in [5.41, 5.74) is 7.01. The Labute approximate surface area is 254 Å². The van der Waals surface area contributed by atoms with Crippen molar-refractivity contribution in [1.82, 2.24) is 40.3 Å². The lowest BCUT2D eigenvalue weighted by Gasteiger charge is -2.23. The smallest absolute Gasteiger partial charge is 0.178 e. The summed E-state index contributed by atoms with van der Waals surface area (Å²) in [7, 11) is 4.01. The first-order chi connectivity index (χ1) is 21.5. The maximum atomic E-state index is 14.7. The molecular formula is C33H34FN9O. The summed E-state index contributed by atoms with van der Waals surface area (Å²) in [5.74, 6) is 1.03. The van der Waals surface area contributed by atoms with E-state index >= 15 is 0 Å². The fraction of sp³-hybridized carbons (Fsp3) is 0.273. The molecule has 0 amide bonds. The summed E-state index contributed by atoms with van der Waals surface area (Å²) in [5, 5.41) is 15.3. The van der Waals surface area contributed by atoms with Gasteiger partial charge in [-0.1, -0.05) is 6.07 Å². The van der Waals surface area contributed by atoms with Gasteiger partial charge in [0, 0.05) is 47.7 Å². The molecule has 0 atom stereocenters. The van der Waals surface area contributed by atoms with Gasteiger partial charge in [0.05, 0.1) is 17.2 Å². The molecule has 2 aromatic carbocycles. The summed E-state index contributed by atoms with van der Waals surface area (Å²) in [6.45, 7) is 3.47. The first kappa shape index (κ1) is 27.9. The lowest BCUT2D eigenvalue weighted by Crippen LogP contribution is -2.34. The van der Waals surface area contributed by atoms with Crippen molar-refractivity contribution in [3.8, 4) is 39.5 Å². The van der Waals surface area contributed by atoms with Crippen LogP contribution in [0.15, 0.2) is 67.1 Å². The highest BCUT2D eigenvalue weighted by Crippen LogP contribution is 2.34. The largest absolute Gasteiger partial charge is 0.489 e.